The molecule has 0 rings (SSSR count). The molecule has 0 aromatic rings. The van der Waals surface area contributed by atoms with E-state index in [1.165, 1.54) is 0 Å². The lowest BCUT2D eigenvalue weighted by Gasteiger charge is -2.21. The van der Waals surface area contributed by atoms with Crippen molar-refractivity contribution < 1.29 is 23.6 Å². The Morgan fingerprint density at radius 1 is 0.632 bits per heavy atom. The largest absolute Gasteiger partial charge is 0.356 e. The number of carbonyl (C=O) groups is 4. The minimum absolute atomic E-state index is 0.0227. The molecule has 2 atom stereocenters. The molecule has 0 bridgehead atoms. The Hall–Kier alpha value is -2.03. The van der Waals surface area contributed by atoms with Crippen LogP contribution in [0.15, 0.2) is 0 Å². The van der Waals surface area contributed by atoms with Crippen LogP contribution in [0.4, 0.5) is 4.39 Å². The van der Waals surface area contributed by atoms with Gasteiger partial charge in [-0.1, -0.05) is 67.2 Å². The molecule has 0 aliphatic carbocycles. The van der Waals surface area contributed by atoms with Crippen molar-refractivity contribution in [2.75, 3.05) is 20.1 Å². The van der Waals surface area contributed by atoms with E-state index in [2.05, 4.69) is 28.2 Å². The summed E-state index contributed by atoms with van der Waals surface area (Å²) in [4.78, 5) is 48.3. The highest BCUT2D eigenvalue weighted by molar-refractivity contribution is 5.90. The van der Waals surface area contributed by atoms with Crippen LogP contribution < -0.4 is 21.3 Å². The minimum Gasteiger partial charge on any atom is -0.356 e. The fourth-order valence-electron chi connectivity index (χ4n) is 3.56. The Morgan fingerprint density at radius 3 is 1.63 bits per heavy atom. The number of rotatable bonds is 22. The van der Waals surface area contributed by atoms with E-state index in [4.69, 9.17) is 0 Å². The van der Waals surface area contributed by atoms with Crippen LogP contribution in [0.3, 0.4) is 0 Å². The van der Waals surface area contributed by atoms with Gasteiger partial charge in [0, 0.05) is 19.4 Å². The zero-order chi connectivity index (χ0) is 29.6. The molecule has 0 saturated heterocycles. The lowest BCUT2D eigenvalue weighted by atomic mass is 10.1. The van der Waals surface area contributed by atoms with E-state index >= 15 is 0 Å². The highest BCUT2D eigenvalue weighted by Gasteiger charge is 2.26. The van der Waals surface area contributed by atoms with E-state index in [-0.39, 0.29) is 18.2 Å². The molecule has 0 radical (unpaired) electrons. The Kier molecular flexibility index (Phi) is 33.2. The molecule has 9 heteroatoms. The number of carbonyl (C=O) groups excluding carboxylic acids is 4. The number of unbranched alkanes of at least 4 members (excludes halogenated alkanes) is 6. The summed E-state index contributed by atoms with van der Waals surface area (Å²) in [6, 6.07) is -3.61. The summed E-state index contributed by atoms with van der Waals surface area (Å²) in [5.74, 6) is -0.749. The van der Waals surface area contributed by atoms with Crippen LogP contribution in [0.1, 0.15) is 131 Å². The van der Waals surface area contributed by atoms with Gasteiger partial charge in [0.05, 0.1) is 0 Å². The van der Waals surface area contributed by atoms with Gasteiger partial charge in [-0.3, -0.25) is 19.2 Å². The van der Waals surface area contributed by atoms with Crippen LogP contribution in [-0.2, 0) is 19.2 Å². The van der Waals surface area contributed by atoms with E-state index < -0.39 is 24.0 Å². The summed E-state index contributed by atoms with van der Waals surface area (Å²) in [6.45, 7) is 13.4. The maximum atomic E-state index is 13.5. The van der Waals surface area contributed by atoms with Crippen LogP contribution in [0.5, 0.6) is 0 Å². The quantitative estimate of drug-likeness (QED) is 0.108. The first kappa shape index (κ1) is 40.5. The topological polar surface area (TPSA) is 116 Å². The monoisotopic (exact) mass is 546 g/mol. The maximum absolute atomic E-state index is 13.5. The summed E-state index contributed by atoms with van der Waals surface area (Å²) in [7, 11) is 1.81. The van der Waals surface area contributed by atoms with Gasteiger partial charge in [-0.15, -0.1) is 0 Å². The predicted octanol–water partition coefficient (Wildman–Crippen LogP) is 5.34. The fraction of sp³-hybridized carbons (Fsp3) is 0.862. The van der Waals surface area contributed by atoms with Gasteiger partial charge in [-0.25, -0.2) is 0 Å². The molecule has 0 saturated carbocycles. The molecule has 0 aliphatic rings. The Bertz CT molecular complexity index is 591. The molecule has 0 spiro atoms. The molecule has 2 unspecified atom stereocenters. The summed E-state index contributed by atoms with van der Waals surface area (Å²) in [6.07, 6.45) is 9.60. The number of nitrogens with one attached hydrogen (secondary N) is 4. The Morgan fingerprint density at radius 2 is 1.13 bits per heavy atom. The number of hydrogen-bond acceptors (Lipinski definition) is 5. The van der Waals surface area contributed by atoms with Crippen molar-refractivity contribution in [1.29, 1.82) is 0 Å². The van der Waals surface area contributed by atoms with Crippen molar-refractivity contribution in [2.24, 2.45) is 0 Å². The molecule has 0 heterocycles. The lowest BCUT2D eigenvalue weighted by molar-refractivity contribution is -0.136. The van der Waals surface area contributed by atoms with Crippen LogP contribution in [0, 0.1) is 0 Å². The van der Waals surface area contributed by atoms with Gasteiger partial charge in [0.15, 0.2) is 0 Å². The average molecular weight is 547 g/mol. The third kappa shape index (κ3) is 25.6. The summed E-state index contributed by atoms with van der Waals surface area (Å²) in [5.41, 5.74) is 0. The first-order valence-electron chi connectivity index (χ1n) is 15.1. The number of halogens is 1. The smallest absolute Gasteiger partial charge is 0.323 e. The highest BCUT2D eigenvalue weighted by Crippen LogP contribution is 2.08. The maximum Gasteiger partial charge on any atom is 0.323 e. The zero-order valence-corrected chi connectivity index (χ0v) is 25.5. The SMILES string of the molecule is CC.CC.CCCCCC(=O)NCCCCC(NC(=O)CCCCC)C(=O)NC(CCCCNC)C(=O)F. The second kappa shape index (κ2) is 31.2. The van der Waals surface area contributed by atoms with Gasteiger partial charge >= 0.3 is 6.04 Å². The molecule has 0 aromatic carbocycles. The summed E-state index contributed by atoms with van der Waals surface area (Å²) in [5, 5.41) is 11.1. The Balaban J connectivity index is -0.00000291. The lowest BCUT2D eigenvalue weighted by Crippen LogP contribution is -2.51. The number of amides is 3. The van der Waals surface area contributed by atoms with Crippen molar-refractivity contribution in [1.82, 2.24) is 21.3 Å². The molecule has 0 aromatic heterocycles. The van der Waals surface area contributed by atoms with E-state index in [1.54, 1.807) is 0 Å². The average Bonchev–Trinajstić information content (AvgIpc) is 2.91. The molecule has 8 nitrogen and oxygen atoms in total. The van der Waals surface area contributed by atoms with E-state index in [0.717, 1.165) is 51.5 Å². The minimum atomic E-state index is -1.57. The van der Waals surface area contributed by atoms with E-state index in [1.807, 2.05) is 41.7 Å². The predicted molar refractivity (Wildman–Crippen MR) is 156 cm³/mol. The molecule has 226 valence electrons. The van der Waals surface area contributed by atoms with Crippen molar-refractivity contribution in [3.05, 3.63) is 0 Å². The van der Waals surface area contributed by atoms with Gasteiger partial charge in [0.25, 0.3) is 0 Å². The first-order valence-corrected chi connectivity index (χ1v) is 15.1. The summed E-state index contributed by atoms with van der Waals surface area (Å²) < 4.78 is 13.5. The van der Waals surface area contributed by atoms with Gasteiger partial charge < -0.3 is 21.3 Å². The third-order valence-electron chi connectivity index (χ3n) is 5.67. The van der Waals surface area contributed by atoms with Gasteiger partial charge in [-0.2, -0.15) is 4.39 Å². The molecule has 3 amide bonds. The zero-order valence-electron chi connectivity index (χ0n) is 25.5. The van der Waals surface area contributed by atoms with Gasteiger partial charge in [0.1, 0.15) is 12.1 Å². The second-order valence-electron chi connectivity index (χ2n) is 8.84. The number of hydrogen-bond donors (Lipinski definition) is 4. The van der Waals surface area contributed by atoms with E-state index in [9.17, 15) is 23.6 Å². The van der Waals surface area contributed by atoms with Gasteiger partial charge in [-0.05, 0) is 65.0 Å². The normalized spacial score (nSPS) is 11.6. The van der Waals surface area contributed by atoms with Gasteiger partial charge in [0.2, 0.25) is 17.7 Å². The molecule has 4 N–H and O–H groups in total. The van der Waals surface area contributed by atoms with Crippen molar-refractivity contribution >= 4 is 23.8 Å². The van der Waals surface area contributed by atoms with Crippen LogP contribution >= 0.6 is 0 Å². The summed E-state index contributed by atoms with van der Waals surface area (Å²) >= 11 is 0. The fourth-order valence-corrected chi connectivity index (χ4v) is 3.56. The first-order chi connectivity index (χ1) is 18.3. The third-order valence-corrected chi connectivity index (χ3v) is 5.67. The highest BCUT2D eigenvalue weighted by atomic mass is 19.1. The standard InChI is InChI=1S/C25H47FN4O4.2C2H6/c1-4-6-8-16-22(31)28-19-13-11-15-21(29-23(32)17-9-7-5-2)25(34)30-20(24(26)33)14-10-12-18-27-3;2*1-2/h20-21,27H,4-19H2,1-3H3,(H,28,31)(H,29,32)(H,30,34);2*1-2H3. The molecular formula is C29H59FN4O4. The molecule has 38 heavy (non-hydrogen) atoms. The Labute approximate surface area is 232 Å². The van der Waals surface area contributed by atoms with Crippen LogP contribution in [0.2, 0.25) is 0 Å². The molecule has 0 fully saturated rings. The molecule has 0 aliphatic heterocycles. The van der Waals surface area contributed by atoms with Crippen LogP contribution in [-0.4, -0.2) is 56.0 Å². The van der Waals surface area contributed by atoms with Crippen molar-refractivity contribution in [2.45, 2.75) is 144 Å². The van der Waals surface area contributed by atoms with Crippen LogP contribution in [0.25, 0.3) is 0 Å². The van der Waals surface area contributed by atoms with E-state index in [0.29, 0.717) is 45.1 Å². The molecular weight excluding hydrogens is 487 g/mol. The second-order valence-corrected chi connectivity index (χ2v) is 8.84. The van der Waals surface area contributed by atoms with Crippen molar-refractivity contribution in [3.63, 3.8) is 0 Å². The van der Waals surface area contributed by atoms with Crippen molar-refractivity contribution in [3.8, 4) is 0 Å².